The van der Waals surface area contributed by atoms with Crippen molar-refractivity contribution in [2.24, 2.45) is 0 Å². The van der Waals surface area contributed by atoms with E-state index in [4.69, 9.17) is 28.5 Å². The summed E-state index contributed by atoms with van der Waals surface area (Å²) in [6, 6.07) is 6.66. The largest absolute Gasteiger partial charge is 0.322 e. The van der Waals surface area contributed by atoms with Crippen molar-refractivity contribution < 1.29 is 9.18 Å². The molecule has 0 aliphatic carbocycles. The molecule has 1 aromatic carbocycles. The lowest BCUT2D eigenvalue weighted by atomic mass is 10.2. The van der Waals surface area contributed by atoms with Gasteiger partial charge in [0.1, 0.15) is 17.0 Å². The van der Waals surface area contributed by atoms with Crippen LogP contribution in [0.25, 0.3) is 0 Å². The summed E-state index contributed by atoms with van der Waals surface area (Å²) in [5, 5.41) is 11.5. The zero-order valence-corrected chi connectivity index (χ0v) is 11.3. The smallest absolute Gasteiger partial charge is 0.257 e. The summed E-state index contributed by atoms with van der Waals surface area (Å²) in [7, 11) is 0. The van der Waals surface area contributed by atoms with Gasteiger partial charge in [-0.25, -0.2) is 9.37 Å². The fraction of sp³-hybridized carbons (Fsp3) is 0. The number of nitrogens with one attached hydrogen (secondary N) is 1. The second-order valence-electron chi connectivity index (χ2n) is 3.75. The lowest BCUT2D eigenvalue weighted by Crippen LogP contribution is -2.13. The number of rotatable bonds is 2. The van der Waals surface area contributed by atoms with Crippen LogP contribution < -0.4 is 5.32 Å². The zero-order valence-electron chi connectivity index (χ0n) is 9.82. The Bertz CT molecular complexity index is 728. The quantitative estimate of drug-likeness (QED) is 0.861. The number of nitrogens with zero attached hydrogens (tertiary/aromatic N) is 2. The van der Waals surface area contributed by atoms with Gasteiger partial charge in [-0.3, -0.25) is 4.79 Å². The minimum atomic E-state index is -0.657. The molecule has 0 fully saturated rings. The molecule has 7 heteroatoms. The van der Waals surface area contributed by atoms with Crippen molar-refractivity contribution in [1.29, 1.82) is 5.26 Å². The number of hydrogen-bond donors (Lipinski definition) is 1. The van der Waals surface area contributed by atoms with Crippen LogP contribution in [-0.2, 0) is 0 Å². The van der Waals surface area contributed by atoms with Gasteiger partial charge < -0.3 is 5.32 Å². The standard InChI is InChI=1S/C13H6Cl2FN3O/c14-10-6-18-12(15)4-9(10)13(20)19-8-1-2-11(16)7(3-8)5-17/h1-4,6H,(H,19,20). The maximum absolute atomic E-state index is 13.2. The highest BCUT2D eigenvalue weighted by molar-refractivity contribution is 6.35. The summed E-state index contributed by atoms with van der Waals surface area (Å²) in [6.07, 6.45) is 1.25. The minimum absolute atomic E-state index is 0.122. The molecule has 100 valence electrons. The van der Waals surface area contributed by atoms with Crippen molar-refractivity contribution in [1.82, 2.24) is 4.98 Å². The van der Waals surface area contributed by atoms with E-state index in [2.05, 4.69) is 10.3 Å². The average molecular weight is 310 g/mol. The first kappa shape index (κ1) is 14.3. The fourth-order valence-corrected chi connectivity index (χ4v) is 1.82. The Labute approximate surface area is 123 Å². The number of hydrogen-bond acceptors (Lipinski definition) is 3. The molecule has 1 heterocycles. The molecular weight excluding hydrogens is 304 g/mol. The SMILES string of the molecule is N#Cc1cc(NC(=O)c2cc(Cl)ncc2Cl)ccc1F. The second-order valence-corrected chi connectivity index (χ2v) is 4.54. The highest BCUT2D eigenvalue weighted by Crippen LogP contribution is 2.20. The molecule has 1 aromatic heterocycles. The number of carbonyl (C=O) groups is 1. The van der Waals surface area contributed by atoms with Gasteiger partial charge in [-0.2, -0.15) is 5.26 Å². The second kappa shape index (κ2) is 5.87. The van der Waals surface area contributed by atoms with Gasteiger partial charge >= 0.3 is 0 Å². The Hall–Kier alpha value is -2.16. The van der Waals surface area contributed by atoms with Gasteiger partial charge in [0, 0.05) is 11.9 Å². The van der Waals surface area contributed by atoms with E-state index < -0.39 is 11.7 Å². The fourth-order valence-electron chi connectivity index (χ4n) is 1.47. The first-order valence-corrected chi connectivity index (χ1v) is 6.09. The van der Waals surface area contributed by atoms with E-state index in [1.54, 1.807) is 6.07 Å². The summed E-state index contributed by atoms with van der Waals surface area (Å²) < 4.78 is 13.2. The summed E-state index contributed by atoms with van der Waals surface area (Å²) >= 11 is 11.5. The molecular formula is C13H6Cl2FN3O. The Morgan fingerprint density at radius 3 is 2.80 bits per heavy atom. The Morgan fingerprint density at radius 1 is 1.35 bits per heavy atom. The van der Waals surface area contributed by atoms with Crippen LogP contribution in [0.2, 0.25) is 10.2 Å². The van der Waals surface area contributed by atoms with Gasteiger partial charge in [0.15, 0.2) is 0 Å². The van der Waals surface area contributed by atoms with Crippen molar-refractivity contribution in [2.75, 3.05) is 5.32 Å². The van der Waals surface area contributed by atoms with Crippen LogP contribution in [-0.4, -0.2) is 10.9 Å². The van der Waals surface area contributed by atoms with Crippen molar-refractivity contribution >= 4 is 34.8 Å². The molecule has 0 saturated carbocycles. The van der Waals surface area contributed by atoms with E-state index >= 15 is 0 Å². The van der Waals surface area contributed by atoms with Crippen LogP contribution in [0.1, 0.15) is 15.9 Å². The summed E-state index contributed by atoms with van der Waals surface area (Å²) in [4.78, 5) is 15.7. The maximum Gasteiger partial charge on any atom is 0.257 e. The van der Waals surface area contributed by atoms with Crippen LogP contribution in [0.4, 0.5) is 10.1 Å². The molecule has 0 spiro atoms. The first-order valence-electron chi connectivity index (χ1n) is 5.33. The molecule has 0 aliphatic rings. The number of anilines is 1. The number of benzene rings is 1. The van der Waals surface area contributed by atoms with Gasteiger partial charge in [0.25, 0.3) is 5.91 Å². The van der Waals surface area contributed by atoms with E-state index in [0.29, 0.717) is 0 Å². The predicted molar refractivity (Wildman–Crippen MR) is 73.3 cm³/mol. The summed E-state index contributed by atoms with van der Waals surface area (Å²) in [5.74, 6) is -1.19. The predicted octanol–water partition coefficient (Wildman–Crippen LogP) is 3.65. The van der Waals surface area contributed by atoms with E-state index in [-0.39, 0.29) is 27.0 Å². The molecule has 0 aliphatic heterocycles. The van der Waals surface area contributed by atoms with Crippen molar-refractivity contribution in [3.63, 3.8) is 0 Å². The number of carbonyl (C=O) groups excluding carboxylic acids is 1. The molecule has 2 rings (SSSR count). The number of halogens is 3. The lowest BCUT2D eigenvalue weighted by Gasteiger charge is -2.07. The molecule has 0 atom stereocenters. The molecule has 2 aromatic rings. The summed E-state index contributed by atoms with van der Waals surface area (Å²) in [6.45, 7) is 0. The van der Waals surface area contributed by atoms with Gasteiger partial charge in [-0.05, 0) is 24.3 Å². The number of nitriles is 1. The molecule has 20 heavy (non-hydrogen) atoms. The summed E-state index contributed by atoms with van der Waals surface area (Å²) in [5.41, 5.74) is 0.244. The molecule has 1 amide bonds. The molecule has 4 nitrogen and oxygen atoms in total. The lowest BCUT2D eigenvalue weighted by molar-refractivity contribution is 0.102. The average Bonchev–Trinajstić information content (AvgIpc) is 2.43. The van der Waals surface area contributed by atoms with E-state index in [9.17, 15) is 9.18 Å². The monoisotopic (exact) mass is 309 g/mol. The molecule has 0 unspecified atom stereocenters. The zero-order chi connectivity index (χ0) is 14.7. The third-order valence-corrected chi connectivity index (χ3v) is 2.92. The van der Waals surface area contributed by atoms with E-state index in [0.717, 1.165) is 6.07 Å². The minimum Gasteiger partial charge on any atom is -0.322 e. The molecule has 0 saturated heterocycles. The van der Waals surface area contributed by atoms with E-state index in [1.807, 2.05) is 0 Å². The first-order chi connectivity index (χ1) is 9.51. The molecule has 0 bridgehead atoms. The van der Waals surface area contributed by atoms with Gasteiger partial charge in [-0.15, -0.1) is 0 Å². The normalized spacial score (nSPS) is 9.90. The Morgan fingerprint density at radius 2 is 2.10 bits per heavy atom. The molecule has 0 radical (unpaired) electrons. The highest BCUT2D eigenvalue weighted by atomic mass is 35.5. The maximum atomic E-state index is 13.2. The molecule has 1 N–H and O–H groups in total. The Kier molecular flexibility index (Phi) is 4.18. The van der Waals surface area contributed by atoms with Crippen LogP contribution >= 0.6 is 23.2 Å². The Balaban J connectivity index is 2.28. The van der Waals surface area contributed by atoms with Gasteiger partial charge in [0.2, 0.25) is 0 Å². The van der Waals surface area contributed by atoms with Crippen molar-refractivity contribution in [2.45, 2.75) is 0 Å². The van der Waals surface area contributed by atoms with Crippen molar-refractivity contribution in [3.8, 4) is 6.07 Å². The van der Waals surface area contributed by atoms with Crippen LogP contribution in [0.3, 0.4) is 0 Å². The van der Waals surface area contributed by atoms with Crippen molar-refractivity contribution in [3.05, 3.63) is 57.6 Å². The van der Waals surface area contributed by atoms with Crippen LogP contribution in [0.5, 0.6) is 0 Å². The highest BCUT2D eigenvalue weighted by Gasteiger charge is 2.13. The third-order valence-electron chi connectivity index (χ3n) is 2.41. The topological polar surface area (TPSA) is 65.8 Å². The van der Waals surface area contributed by atoms with Gasteiger partial charge in [0.05, 0.1) is 16.1 Å². The number of amides is 1. The van der Waals surface area contributed by atoms with E-state index in [1.165, 1.54) is 24.4 Å². The van der Waals surface area contributed by atoms with Gasteiger partial charge in [-0.1, -0.05) is 23.2 Å². The van der Waals surface area contributed by atoms with Crippen LogP contribution in [0, 0.1) is 17.1 Å². The van der Waals surface area contributed by atoms with Crippen LogP contribution in [0.15, 0.2) is 30.5 Å². The third kappa shape index (κ3) is 3.05. The number of pyridine rings is 1. The number of aromatic nitrogens is 1.